The second kappa shape index (κ2) is 7.85. The highest BCUT2D eigenvalue weighted by Gasteiger charge is 2.11. The third kappa shape index (κ3) is 5.47. The molecular formula is C16H14Cl2N2O3. The van der Waals surface area contributed by atoms with Crippen molar-refractivity contribution in [3.63, 3.8) is 0 Å². The van der Waals surface area contributed by atoms with E-state index >= 15 is 0 Å². The van der Waals surface area contributed by atoms with Crippen molar-refractivity contribution in [3.05, 3.63) is 52.5 Å². The van der Waals surface area contributed by atoms with Crippen molar-refractivity contribution in [2.75, 3.05) is 17.7 Å². The Balaban J connectivity index is 1.92. The van der Waals surface area contributed by atoms with Gasteiger partial charge in [0.2, 0.25) is 11.8 Å². The first-order valence-corrected chi connectivity index (χ1v) is 7.42. The van der Waals surface area contributed by atoms with Gasteiger partial charge in [0, 0.05) is 27.5 Å². The number of benzene rings is 2. The average Bonchev–Trinajstić information content (AvgIpc) is 2.45. The minimum atomic E-state index is -0.469. The summed E-state index contributed by atoms with van der Waals surface area (Å²) in [5.41, 5.74) is 0.981. The molecule has 5 nitrogen and oxygen atoms in total. The van der Waals surface area contributed by atoms with Crippen LogP contribution in [0.15, 0.2) is 42.5 Å². The number of anilines is 2. The fourth-order valence-corrected chi connectivity index (χ4v) is 2.41. The molecule has 120 valence electrons. The molecule has 0 unspecified atom stereocenters. The largest absolute Gasteiger partial charge is 0.497 e. The van der Waals surface area contributed by atoms with E-state index in [0.717, 1.165) is 0 Å². The van der Waals surface area contributed by atoms with E-state index in [1.807, 2.05) is 0 Å². The molecule has 0 spiro atoms. The molecule has 0 aliphatic carbocycles. The minimum Gasteiger partial charge on any atom is -0.497 e. The number of ether oxygens (including phenoxy) is 1. The van der Waals surface area contributed by atoms with Gasteiger partial charge in [-0.05, 0) is 30.3 Å². The third-order valence-electron chi connectivity index (χ3n) is 2.82. The maximum atomic E-state index is 11.9. The smallest absolute Gasteiger partial charge is 0.233 e. The predicted molar refractivity (Wildman–Crippen MR) is 91.3 cm³/mol. The van der Waals surface area contributed by atoms with Crippen molar-refractivity contribution < 1.29 is 14.3 Å². The van der Waals surface area contributed by atoms with Crippen LogP contribution in [0.1, 0.15) is 6.42 Å². The Morgan fingerprint density at radius 2 is 1.57 bits per heavy atom. The Kier molecular flexibility index (Phi) is 5.84. The van der Waals surface area contributed by atoms with Crippen molar-refractivity contribution in [2.45, 2.75) is 6.42 Å². The summed E-state index contributed by atoms with van der Waals surface area (Å²) in [6, 6.07) is 11.5. The molecule has 2 rings (SSSR count). The lowest BCUT2D eigenvalue weighted by atomic mass is 10.2. The normalized spacial score (nSPS) is 10.0. The fourth-order valence-electron chi connectivity index (χ4n) is 1.88. The molecule has 23 heavy (non-hydrogen) atoms. The van der Waals surface area contributed by atoms with Gasteiger partial charge in [-0.3, -0.25) is 9.59 Å². The number of rotatable bonds is 5. The van der Waals surface area contributed by atoms with Crippen LogP contribution in [0.5, 0.6) is 5.75 Å². The highest BCUT2D eigenvalue weighted by Crippen LogP contribution is 2.22. The summed E-state index contributed by atoms with van der Waals surface area (Å²) >= 11 is 11.7. The van der Waals surface area contributed by atoms with E-state index in [-0.39, 0.29) is 6.42 Å². The van der Waals surface area contributed by atoms with Crippen LogP contribution >= 0.6 is 23.2 Å². The van der Waals surface area contributed by atoms with Crippen LogP contribution in [-0.4, -0.2) is 18.9 Å². The highest BCUT2D eigenvalue weighted by atomic mass is 35.5. The van der Waals surface area contributed by atoms with Gasteiger partial charge in [-0.25, -0.2) is 0 Å². The molecule has 0 saturated carbocycles. The van der Waals surface area contributed by atoms with Crippen molar-refractivity contribution in [1.29, 1.82) is 0 Å². The van der Waals surface area contributed by atoms with Gasteiger partial charge in [0.15, 0.2) is 0 Å². The number of carbonyl (C=O) groups excluding carboxylic acids is 2. The molecule has 0 aliphatic heterocycles. The Bertz CT molecular complexity index is 715. The lowest BCUT2D eigenvalue weighted by molar-refractivity contribution is -0.123. The summed E-state index contributed by atoms with van der Waals surface area (Å²) in [7, 11) is 1.53. The number of hydrogen-bond acceptors (Lipinski definition) is 3. The van der Waals surface area contributed by atoms with Crippen LogP contribution in [-0.2, 0) is 9.59 Å². The summed E-state index contributed by atoms with van der Waals surface area (Å²) in [5, 5.41) is 5.99. The van der Waals surface area contributed by atoms with Gasteiger partial charge in [-0.1, -0.05) is 29.3 Å². The van der Waals surface area contributed by atoms with Gasteiger partial charge in [-0.15, -0.1) is 0 Å². The van der Waals surface area contributed by atoms with Crippen molar-refractivity contribution in [1.82, 2.24) is 0 Å². The zero-order chi connectivity index (χ0) is 16.8. The molecule has 0 saturated heterocycles. The van der Waals surface area contributed by atoms with Gasteiger partial charge >= 0.3 is 0 Å². The third-order valence-corrected chi connectivity index (χ3v) is 3.26. The molecule has 2 amide bonds. The van der Waals surface area contributed by atoms with Gasteiger partial charge in [0.05, 0.1) is 7.11 Å². The first kappa shape index (κ1) is 17.1. The molecule has 0 fully saturated rings. The topological polar surface area (TPSA) is 67.4 Å². The van der Waals surface area contributed by atoms with Gasteiger partial charge < -0.3 is 15.4 Å². The number of carbonyl (C=O) groups is 2. The maximum Gasteiger partial charge on any atom is 0.233 e. The molecule has 2 aromatic rings. The first-order valence-electron chi connectivity index (χ1n) is 6.66. The molecule has 7 heteroatoms. The Morgan fingerprint density at radius 3 is 2.17 bits per heavy atom. The second-order valence-electron chi connectivity index (χ2n) is 4.66. The quantitative estimate of drug-likeness (QED) is 0.800. The SMILES string of the molecule is COc1cccc(NC(=O)CC(=O)Nc2cc(Cl)cc(Cl)c2)c1. The molecule has 0 aromatic heterocycles. The molecule has 0 aliphatic rings. The number of hydrogen-bond donors (Lipinski definition) is 2. The molecule has 0 atom stereocenters. The summed E-state index contributed by atoms with van der Waals surface area (Å²) < 4.78 is 5.06. The minimum absolute atomic E-state index is 0.332. The van der Waals surface area contributed by atoms with Crippen LogP contribution in [0.2, 0.25) is 10.0 Å². The maximum absolute atomic E-state index is 11.9. The van der Waals surface area contributed by atoms with E-state index in [4.69, 9.17) is 27.9 Å². The summed E-state index contributed by atoms with van der Waals surface area (Å²) in [4.78, 5) is 23.8. The van der Waals surface area contributed by atoms with E-state index in [2.05, 4.69) is 10.6 Å². The van der Waals surface area contributed by atoms with Crippen LogP contribution in [0.4, 0.5) is 11.4 Å². The van der Waals surface area contributed by atoms with Crippen LogP contribution < -0.4 is 15.4 Å². The summed E-state index contributed by atoms with van der Waals surface area (Å²) in [6.07, 6.45) is -0.332. The lowest BCUT2D eigenvalue weighted by Gasteiger charge is -2.08. The molecule has 0 bridgehead atoms. The molecule has 0 radical (unpaired) electrons. The van der Waals surface area contributed by atoms with Gasteiger partial charge in [0.1, 0.15) is 12.2 Å². The standard InChI is InChI=1S/C16H14Cl2N2O3/c1-23-14-4-2-3-12(8-14)19-15(21)9-16(22)20-13-6-10(17)5-11(18)7-13/h2-8H,9H2,1H3,(H,19,21)(H,20,22). The van der Waals surface area contributed by atoms with E-state index in [9.17, 15) is 9.59 Å². The van der Waals surface area contributed by atoms with Crippen molar-refractivity contribution in [2.24, 2.45) is 0 Å². The molecule has 0 heterocycles. The Morgan fingerprint density at radius 1 is 0.957 bits per heavy atom. The zero-order valence-corrected chi connectivity index (χ0v) is 13.7. The summed E-state index contributed by atoms with van der Waals surface area (Å²) in [5.74, 6) is -0.298. The number of nitrogens with one attached hydrogen (secondary N) is 2. The van der Waals surface area contributed by atoms with Crippen LogP contribution in [0, 0.1) is 0 Å². The van der Waals surface area contributed by atoms with E-state index in [1.165, 1.54) is 7.11 Å². The number of halogens is 2. The van der Waals surface area contributed by atoms with Crippen molar-refractivity contribution >= 4 is 46.4 Å². The van der Waals surface area contributed by atoms with Gasteiger partial charge in [0.25, 0.3) is 0 Å². The Labute approximate surface area is 143 Å². The van der Waals surface area contributed by atoms with Crippen LogP contribution in [0.25, 0.3) is 0 Å². The molecule has 2 N–H and O–H groups in total. The van der Waals surface area contributed by atoms with Crippen LogP contribution in [0.3, 0.4) is 0 Å². The van der Waals surface area contributed by atoms with Gasteiger partial charge in [-0.2, -0.15) is 0 Å². The fraction of sp³-hybridized carbons (Fsp3) is 0.125. The summed E-state index contributed by atoms with van der Waals surface area (Å²) in [6.45, 7) is 0. The zero-order valence-electron chi connectivity index (χ0n) is 12.2. The average molecular weight is 353 g/mol. The monoisotopic (exact) mass is 352 g/mol. The van der Waals surface area contributed by atoms with E-state index in [1.54, 1.807) is 42.5 Å². The predicted octanol–water partition coefficient (Wildman–Crippen LogP) is 3.97. The Hall–Kier alpha value is -2.24. The molecule has 2 aromatic carbocycles. The highest BCUT2D eigenvalue weighted by molar-refractivity contribution is 6.35. The second-order valence-corrected chi connectivity index (χ2v) is 5.54. The first-order chi connectivity index (χ1) is 11.0. The van der Waals surface area contributed by atoms with Crippen molar-refractivity contribution in [3.8, 4) is 5.75 Å². The lowest BCUT2D eigenvalue weighted by Crippen LogP contribution is -2.21. The van der Waals surface area contributed by atoms with E-state index < -0.39 is 11.8 Å². The molecular weight excluding hydrogens is 339 g/mol. The number of methoxy groups -OCH3 is 1. The van der Waals surface area contributed by atoms with E-state index in [0.29, 0.717) is 27.2 Å². The number of amides is 2.